The molecule has 0 saturated carbocycles. The molecule has 1 fully saturated rings. The molecule has 5 heteroatoms. The Morgan fingerprint density at radius 1 is 1.47 bits per heavy atom. The SMILES string of the molecule is CC(C)C(=O)NCC(C)(O)CN1CCOCC1. The molecule has 1 rings (SSSR count). The second-order valence-corrected chi connectivity index (χ2v) is 5.26. The summed E-state index contributed by atoms with van der Waals surface area (Å²) in [5.41, 5.74) is -0.887. The smallest absolute Gasteiger partial charge is 0.222 e. The molecule has 100 valence electrons. The fourth-order valence-corrected chi connectivity index (χ4v) is 1.78. The van der Waals surface area contributed by atoms with E-state index in [9.17, 15) is 9.90 Å². The van der Waals surface area contributed by atoms with Gasteiger partial charge in [-0.1, -0.05) is 13.8 Å². The lowest BCUT2D eigenvalue weighted by atomic mass is 10.1. The Balaban J connectivity index is 2.31. The van der Waals surface area contributed by atoms with E-state index in [2.05, 4.69) is 10.2 Å². The highest BCUT2D eigenvalue weighted by molar-refractivity contribution is 5.77. The van der Waals surface area contributed by atoms with Crippen LogP contribution in [0.15, 0.2) is 0 Å². The van der Waals surface area contributed by atoms with Crippen LogP contribution in [0.1, 0.15) is 20.8 Å². The third-order valence-corrected chi connectivity index (χ3v) is 2.84. The molecule has 1 aliphatic heterocycles. The van der Waals surface area contributed by atoms with Crippen LogP contribution in [-0.4, -0.2) is 60.9 Å². The van der Waals surface area contributed by atoms with Crippen LogP contribution in [0.2, 0.25) is 0 Å². The summed E-state index contributed by atoms with van der Waals surface area (Å²) in [6, 6.07) is 0. The molecule has 5 nitrogen and oxygen atoms in total. The van der Waals surface area contributed by atoms with Crippen molar-refractivity contribution in [1.82, 2.24) is 10.2 Å². The Bertz CT molecular complexity index is 248. The fraction of sp³-hybridized carbons (Fsp3) is 0.917. The summed E-state index contributed by atoms with van der Waals surface area (Å²) in [6.07, 6.45) is 0. The lowest BCUT2D eigenvalue weighted by Crippen LogP contribution is -2.51. The number of nitrogens with zero attached hydrogens (tertiary/aromatic N) is 1. The van der Waals surface area contributed by atoms with Gasteiger partial charge in [0.1, 0.15) is 0 Å². The van der Waals surface area contributed by atoms with E-state index in [-0.39, 0.29) is 11.8 Å². The third kappa shape index (κ3) is 5.48. The van der Waals surface area contributed by atoms with E-state index in [1.54, 1.807) is 6.92 Å². The van der Waals surface area contributed by atoms with Crippen LogP contribution < -0.4 is 5.32 Å². The van der Waals surface area contributed by atoms with E-state index < -0.39 is 5.60 Å². The van der Waals surface area contributed by atoms with Gasteiger partial charge in [0.2, 0.25) is 5.91 Å². The molecule has 0 radical (unpaired) electrons. The lowest BCUT2D eigenvalue weighted by Gasteiger charge is -2.34. The number of rotatable bonds is 5. The maximum Gasteiger partial charge on any atom is 0.222 e. The summed E-state index contributed by atoms with van der Waals surface area (Å²) in [6.45, 7) is 9.41. The van der Waals surface area contributed by atoms with Crippen molar-refractivity contribution < 1.29 is 14.6 Å². The molecule has 1 atom stereocenters. The minimum absolute atomic E-state index is 0.0211. The Morgan fingerprint density at radius 2 is 2.06 bits per heavy atom. The molecule has 0 aromatic carbocycles. The van der Waals surface area contributed by atoms with Crippen molar-refractivity contribution in [2.45, 2.75) is 26.4 Å². The van der Waals surface area contributed by atoms with E-state index in [0.717, 1.165) is 13.1 Å². The molecule has 1 saturated heterocycles. The van der Waals surface area contributed by atoms with Gasteiger partial charge in [-0.2, -0.15) is 0 Å². The van der Waals surface area contributed by atoms with Crippen molar-refractivity contribution in [3.63, 3.8) is 0 Å². The van der Waals surface area contributed by atoms with Gasteiger partial charge in [0, 0.05) is 32.1 Å². The number of amides is 1. The summed E-state index contributed by atoms with van der Waals surface area (Å²) in [5, 5.41) is 13.0. The van der Waals surface area contributed by atoms with Gasteiger partial charge in [0.15, 0.2) is 0 Å². The zero-order chi connectivity index (χ0) is 12.9. The van der Waals surface area contributed by atoms with Crippen LogP contribution in [0.4, 0.5) is 0 Å². The second-order valence-electron chi connectivity index (χ2n) is 5.26. The maximum absolute atomic E-state index is 11.4. The third-order valence-electron chi connectivity index (χ3n) is 2.84. The zero-order valence-electron chi connectivity index (χ0n) is 11.0. The molecule has 1 unspecified atom stereocenters. The topological polar surface area (TPSA) is 61.8 Å². The first-order valence-corrected chi connectivity index (χ1v) is 6.21. The average molecular weight is 244 g/mol. The largest absolute Gasteiger partial charge is 0.387 e. The van der Waals surface area contributed by atoms with Gasteiger partial charge in [-0.15, -0.1) is 0 Å². The predicted octanol–water partition coefficient (Wildman–Crippen LogP) is -0.158. The van der Waals surface area contributed by atoms with Crippen molar-refractivity contribution in [2.75, 3.05) is 39.4 Å². The van der Waals surface area contributed by atoms with Crippen LogP contribution in [0.5, 0.6) is 0 Å². The Hall–Kier alpha value is -0.650. The molecule has 0 aliphatic carbocycles. The van der Waals surface area contributed by atoms with Crippen LogP contribution in [0.25, 0.3) is 0 Å². The summed E-state index contributed by atoms with van der Waals surface area (Å²) in [7, 11) is 0. The molecular weight excluding hydrogens is 220 g/mol. The van der Waals surface area contributed by atoms with E-state index in [1.165, 1.54) is 0 Å². The number of nitrogens with one attached hydrogen (secondary N) is 1. The molecule has 1 aliphatic rings. The number of β-amino-alcohol motifs (C(OH)–C–C–N with tert-alkyl or cyclic N) is 1. The predicted molar refractivity (Wildman–Crippen MR) is 65.7 cm³/mol. The summed E-state index contributed by atoms with van der Waals surface area (Å²) in [5.74, 6) is -0.0681. The highest BCUT2D eigenvalue weighted by atomic mass is 16.5. The number of hydrogen-bond donors (Lipinski definition) is 2. The Morgan fingerprint density at radius 3 is 2.59 bits per heavy atom. The Labute approximate surface area is 103 Å². The van der Waals surface area contributed by atoms with Gasteiger partial charge >= 0.3 is 0 Å². The minimum Gasteiger partial charge on any atom is -0.387 e. The van der Waals surface area contributed by atoms with Gasteiger partial charge in [-0.05, 0) is 6.92 Å². The van der Waals surface area contributed by atoms with Crippen molar-refractivity contribution in [3.8, 4) is 0 Å². The zero-order valence-corrected chi connectivity index (χ0v) is 11.0. The molecule has 0 aromatic heterocycles. The van der Waals surface area contributed by atoms with E-state index in [4.69, 9.17) is 4.74 Å². The molecular formula is C12H24N2O3. The highest BCUT2D eigenvalue weighted by Gasteiger charge is 2.26. The summed E-state index contributed by atoms with van der Waals surface area (Å²) >= 11 is 0. The summed E-state index contributed by atoms with van der Waals surface area (Å²) in [4.78, 5) is 13.6. The van der Waals surface area contributed by atoms with E-state index >= 15 is 0 Å². The Kier molecular flexibility index (Phi) is 5.36. The monoisotopic (exact) mass is 244 g/mol. The number of carbonyl (C=O) groups excluding carboxylic acids is 1. The van der Waals surface area contributed by atoms with Crippen LogP contribution in [0, 0.1) is 5.92 Å². The van der Waals surface area contributed by atoms with Crippen molar-refractivity contribution >= 4 is 5.91 Å². The lowest BCUT2D eigenvalue weighted by molar-refractivity contribution is -0.125. The minimum atomic E-state index is -0.887. The maximum atomic E-state index is 11.4. The average Bonchev–Trinajstić information content (AvgIpc) is 2.26. The van der Waals surface area contributed by atoms with Crippen molar-refractivity contribution in [3.05, 3.63) is 0 Å². The van der Waals surface area contributed by atoms with Gasteiger partial charge in [0.25, 0.3) is 0 Å². The molecule has 0 bridgehead atoms. The van der Waals surface area contributed by atoms with Crippen molar-refractivity contribution in [1.29, 1.82) is 0 Å². The molecule has 1 amide bonds. The highest BCUT2D eigenvalue weighted by Crippen LogP contribution is 2.08. The molecule has 1 heterocycles. The normalized spacial score (nSPS) is 21.2. The number of carbonyl (C=O) groups is 1. The van der Waals surface area contributed by atoms with Gasteiger partial charge in [-0.3, -0.25) is 9.69 Å². The molecule has 0 spiro atoms. The molecule has 17 heavy (non-hydrogen) atoms. The van der Waals surface area contributed by atoms with E-state index in [1.807, 2.05) is 13.8 Å². The van der Waals surface area contributed by atoms with Gasteiger partial charge < -0.3 is 15.2 Å². The van der Waals surface area contributed by atoms with Crippen LogP contribution in [-0.2, 0) is 9.53 Å². The number of aliphatic hydroxyl groups is 1. The molecule has 2 N–H and O–H groups in total. The van der Waals surface area contributed by atoms with Crippen LogP contribution >= 0.6 is 0 Å². The van der Waals surface area contributed by atoms with E-state index in [0.29, 0.717) is 26.3 Å². The van der Waals surface area contributed by atoms with Crippen molar-refractivity contribution in [2.24, 2.45) is 5.92 Å². The number of morpholine rings is 1. The number of hydrogen-bond acceptors (Lipinski definition) is 4. The van der Waals surface area contributed by atoms with Gasteiger partial charge in [0.05, 0.1) is 18.8 Å². The first kappa shape index (κ1) is 14.4. The first-order valence-electron chi connectivity index (χ1n) is 6.21. The first-order chi connectivity index (χ1) is 7.91. The fourth-order valence-electron chi connectivity index (χ4n) is 1.78. The summed E-state index contributed by atoms with van der Waals surface area (Å²) < 4.78 is 5.25. The van der Waals surface area contributed by atoms with Gasteiger partial charge in [-0.25, -0.2) is 0 Å². The standard InChI is InChI=1S/C12H24N2O3/c1-10(2)11(15)13-8-12(3,16)9-14-4-6-17-7-5-14/h10,16H,4-9H2,1-3H3,(H,13,15). The molecule has 0 aromatic rings. The second kappa shape index (κ2) is 6.33. The number of ether oxygens (including phenoxy) is 1. The van der Waals surface area contributed by atoms with Crippen LogP contribution in [0.3, 0.4) is 0 Å². The quantitative estimate of drug-likeness (QED) is 0.705.